The van der Waals surface area contributed by atoms with Crippen molar-refractivity contribution in [1.82, 2.24) is 0 Å². The summed E-state index contributed by atoms with van der Waals surface area (Å²) >= 11 is 0. The fraction of sp³-hybridized carbons (Fsp3) is 0.273. The Kier molecular flexibility index (Phi) is 2.70. The van der Waals surface area contributed by atoms with Gasteiger partial charge in [-0.1, -0.05) is 18.2 Å². The molecule has 3 heteroatoms. The first-order valence-corrected chi connectivity index (χ1v) is 4.45. The smallest absolute Gasteiger partial charge is 0.231 e. The van der Waals surface area contributed by atoms with E-state index in [9.17, 15) is 0 Å². The molecule has 1 heterocycles. The van der Waals surface area contributed by atoms with E-state index in [-0.39, 0.29) is 0 Å². The molecule has 74 valence electrons. The highest BCUT2D eigenvalue weighted by Crippen LogP contribution is 2.32. The van der Waals surface area contributed by atoms with Crippen LogP contribution in [0.25, 0.3) is 6.08 Å². The molecule has 0 saturated carbocycles. The average Bonchev–Trinajstić information content (AvgIpc) is 2.65. The van der Waals surface area contributed by atoms with Crippen molar-refractivity contribution in [2.75, 3.05) is 20.5 Å². The lowest BCUT2D eigenvalue weighted by Gasteiger charge is -1.97. The van der Waals surface area contributed by atoms with Gasteiger partial charge in [0, 0.05) is 7.11 Å². The van der Waals surface area contributed by atoms with Crippen molar-refractivity contribution in [3.63, 3.8) is 0 Å². The molecule has 0 saturated heterocycles. The number of hydrogen-bond acceptors (Lipinski definition) is 3. The highest BCUT2D eigenvalue weighted by molar-refractivity contribution is 5.56. The number of rotatable bonds is 3. The van der Waals surface area contributed by atoms with Gasteiger partial charge in [-0.2, -0.15) is 0 Å². The number of hydrogen-bond donors (Lipinski definition) is 0. The Morgan fingerprint density at radius 3 is 3.07 bits per heavy atom. The zero-order valence-corrected chi connectivity index (χ0v) is 8.03. The van der Waals surface area contributed by atoms with E-state index in [4.69, 9.17) is 14.2 Å². The van der Waals surface area contributed by atoms with Gasteiger partial charge in [-0.3, -0.25) is 0 Å². The Labute approximate surface area is 82.9 Å². The highest BCUT2D eigenvalue weighted by atomic mass is 16.7. The van der Waals surface area contributed by atoms with E-state index in [1.54, 1.807) is 7.11 Å². The fourth-order valence-corrected chi connectivity index (χ4v) is 1.30. The molecule has 0 bridgehead atoms. The maximum atomic E-state index is 5.26. The van der Waals surface area contributed by atoms with Crippen molar-refractivity contribution in [2.45, 2.75) is 0 Å². The number of benzene rings is 1. The Balaban J connectivity index is 2.12. The van der Waals surface area contributed by atoms with Gasteiger partial charge in [-0.15, -0.1) is 0 Å². The van der Waals surface area contributed by atoms with Crippen LogP contribution in [0.15, 0.2) is 24.3 Å². The molecule has 0 aromatic heterocycles. The Morgan fingerprint density at radius 2 is 2.21 bits per heavy atom. The summed E-state index contributed by atoms with van der Waals surface area (Å²) in [5.41, 5.74) is 1.09. The first-order chi connectivity index (χ1) is 6.90. The van der Waals surface area contributed by atoms with Gasteiger partial charge in [0.2, 0.25) is 6.79 Å². The van der Waals surface area contributed by atoms with Gasteiger partial charge in [-0.05, 0) is 17.7 Å². The van der Waals surface area contributed by atoms with Gasteiger partial charge in [0.25, 0.3) is 0 Å². The van der Waals surface area contributed by atoms with E-state index in [0.29, 0.717) is 13.4 Å². The second-order valence-electron chi connectivity index (χ2n) is 2.97. The highest BCUT2D eigenvalue weighted by Gasteiger charge is 2.11. The lowest BCUT2D eigenvalue weighted by molar-refractivity contribution is 0.174. The SMILES string of the molecule is COC/C=C/c1ccc2c(c1)OCO2. The van der Waals surface area contributed by atoms with Gasteiger partial charge in [0.1, 0.15) is 0 Å². The molecule has 2 rings (SSSR count). The maximum absolute atomic E-state index is 5.26. The lowest BCUT2D eigenvalue weighted by atomic mass is 10.2. The average molecular weight is 192 g/mol. The molecule has 1 aliphatic rings. The van der Waals surface area contributed by atoms with Crippen LogP contribution in [0.5, 0.6) is 11.5 Å². The third kappa shape index (κ3) is 1.88. The van der Waals surface area contributed by atoms with Gasteiger partial charge in [0.05, 0.1) is 6.61 Å². The van der Waals surface area contributed by atoms with Crippen LogP contribution in [-0.2, 0) is 4.74 Å². The second-order valence-corrected chi connectivity index (χ2v) is 2.97. The summed E-state index contributed by atoms with van der Waals surface area (Å²) < 4.78 is 15.4. The summed E-state index contributed by atoms with van der Waals surface area (Å²) in [6, 6.07) is 5.85. The van der Waals surface area contributed by atoms with Crippen LogP contribution in [0.4, 0.5) is 0 Å². The minimum atomic E-state index is 0.320. The summed E-state index contributed by atoms with van der Waals surface area (Å²) in [5, 5.41) is 0. The van der Waals surface area contributed by atoms with Gasteiger partial charge >= 0.3 is 0 Å². The van der Waals surface area contributed by atoms with Gasteiger partial charge < -0.3 is 14.2 Å². The number of methoxy groups -OCH3 is 1. The molecular formula is C11H12O3. The lowest BCUT2D eigenvalue weighted by Crippen LogP contribution is -1.92. The van der Waals surface area contributed by atoms with Crippen molar-refractivity contribution in [2.24, 2.45) is 0 Å². The summed E-state index contributed by atoms with van der Waals surface area (Å²) in [6.07, 6.45) is 3.95. The van der Waals surface area contributed by atoms with E-state index >= 15 is 0 Å². The molecule has 0 atom stereocenters. The Hall–Kier alpha value is -1.48. The zero-order valence-electron chi connectivity index (χ0n) is 8.03. The van der Waals surface area contributed by atoms with Crippen molar-refractivity contribution in [3.8, 4) is 11.5 Å². The van der Waals surface area contributed by atoms with E-state index in [0.717, 1.165) is 17.1 Å². The third-order valence-electron chi connectivity index (χ3n) is 1.97. The first kappa shape index (κ1) is 9.09. The number of fused-ring (bicyclic) bond motifs is 1. The summed E-state index contributed by atoms with van der Waals surface area (Å²) in [6.45, 7) is 0.939. The second kappa shape index (κ2) is 4.15. The Bertz CT molecular complexity index is 344. The van der Waals surface area contributed by atoms with Crippen molar-refractivity contribution < 1.29 is 14.2 Å². The van der Waals surface area contributed by atoms with Crippen molar-refractivity contribution in [3.05, 3.63) is 29.8 Å². The van der Waals surface area contributed by atoms with Crippen LogP contribution in [0.2, 0.25) is 0 Å². The molecule has 1 aromatic rings. The summed E-state index contributed by atoms with van der Waals surface area (Å²) in [5.74, 6) is 1.62. The monoisotopic (exact) mass is 192 g/mol. The van der Waals surface area contributed by atoms with Gasteiger partial charge in [-0.25, -0.2) is 0 Å². The predicted molar refractivity (Wildman–Crippen MR) is 53.5 cm³/mol. The van der Waals surface area contributed by atoms with Crippen LogP contribution in [-0.4, -0.2) is 20.5 Å². The van der Waals surface area contributed by atoms with Crippen LogP contribution in [0, 0.1) is 0 Å². The number of ether oxygens (including phenoxy) is 3. The minimum absolute atomic E-state index is 0.320. The third-order valence-corrected chi connectivity index (χ3v) is 1.97. The molecule has 0 amide bonds. The molecule has 14 heavy (non-hydrogen) atoms. The van der Waals surface area contributed by atoms with Crippen LogP contribution in [0.1, 0.15) is 5.56 Å². The quantitative estimate of drug-likeness (QED) is 0.733. The molecule has 1 aromatic carbocycles. The first-order valence-electron chi connectivity index (χ1n) is 4.45. The largest absolute Gasteiger partial charge is 0.454 e. The van der Waals surface area contributed by atoms with Crippen molar-refractivity contribution in [1.29, 1.82) is 0 Å². The van der Waals surface area contributed by atoms with E-state index in [2.05, 4.69) is 0 Å². The summed E-state index contributed by atoms with van der Waals surface area (Å²) in [4.78, 5) is 0. The fourth-order valence-electron chi connectivity index (χ4n) is 1.30. The molecule has 1 aliphatic heterocycles. The molecule has 0 radical (unpaired) electrons. The van der Waals surface area contributed by atoms with E-state index < -0.39 is 0 Å². The normalized spacial score (nSPS) is 13.8. The summed E-state index contributed by atoms with van der Waals surface area (Å²) in [7, 11) is 1.67. The van der Waals surface area contributed by atoms with Crippen LogP contribution in [0.3, 0.4) is 0 Å². The van der Waals surface area contributed by atoms with Crippen LogP contribution >= 0.6 is 0 Å². The predicted octanol–water partition coefficient (Wildman–Crippen LogP) is 2.07. The zero-order chi connectivity index (χ0) is 9.80. The molecule has 3 nitrogen and oxygen atoms in total. The van der Waals surface area contributed by atoms with Crippen molar-refractivity contribution >= 4 is 6.08 Å². The molecule has 0 spiro atoms. The topological polar surface area (TPSA) is 27.7 Å². The Morgan fingerprint density at radius 1 is 1.36 bits per heavy atom. The standard InChI is InChI=1S/C11H12O3/c1-12-6-2-3-9-4-5-10-11(7-9)14-8-13-10/h2-5,7H,6,8H2,1H3/b3-2+. The van der Waals surface area contributed by atoms with E-state index in [1.165, 1.54) is 0 Å². The van der Waals surface area contributed by atoms with Gasteiger partial charge in [0.15, 0.2) is 11.5 Å². The molecule has 0 aliphatic carbocycles. The van der Waals surface area contributed by atoms with E-state index in [1.807, 2.05) is 30.4 Å². The minimum Gasteiger partial charge on any atom is -0.454 e. The molecule has 0 unspecified atom stereocenters. The van der Waals surface area contributed by atoms with Crippen LogP contribution < -0.4 is 9.47 Å². The maximum Gasteiger partial charge on any atom is 0.231 e. The molecule has 0 fully saturated rings. The molecule has 0 N–H and O–H groups in total. The molecular weight excluding hydrogens is 180 g/mol.